The van der Waals surface area contributed by atoms with Gasteiger partial charge in [0.1, 0.15) is 17.8 Å². The number of fused-ring (bicyclic) bond motifs is 2. The van der Waals surface area contributed by atoms with Gasteiger partial charge in [-0.15, -0.1) is 0 Å². The summed E-state index contributed by atoms with van der Waals surface area (Å²) in [7, 11) is 0. The molecule has 4 rings (SSSR count). The second-order valence-corrected chi connectivity index (χ2v) is 6.31. The Kier molecular flexibility index (Phi) is 2.67. The van der Waals surface area contributed by atoms with Crippen LogP contribution in [0.4, 0.5) is 5.82 Å². The summed E-state index contributed by atoms with van der Waals surface area (Å²) in [6.45, 7) is 4.58. The standard InChI is InChI=1S/C15H19N5O/c1-15-8-20(7-4-10(15)2-5-17-14(15)21)13-11-3-6-16-12(11)18-9-19-13/h3,6,9-10H,2,4-5,7-8H2,1H3,(H,17,21)(H,16,18,19). The third kappa shape index (κ3) is 1.81. The van der Waals surface area contributed by atoms with E-state index < -0.39 is 0 Å². The molecule has 110 valence electrons. The number of nitrogens with zero attached hydrogens (tertiary/aromatic N) is 3. The van der Waals surface area contributed by atoms with Gasteiger partial charge in [0.25, 0.3) is 0 Å². The molecule has 2 aliphatic heterocycles. The molecular weight excluding hydrogens is 266 g/mol. The van der Waals surface area contributed by atoms with Crippen molar-refractivity contribution < 1.29 is 4.79 Å². The molecular formula is C15H19N5O. The molecule has 0 bridgehead atoms. The van der Waals surface area contributed by atoms with Crippen LogP contribution in [0.1, 0.15) is 19.8 Å². The quantitative estimate of drug-likeness (QED) is 0.828. The number of anilines is 1. The minimum absolute atomic E-state index is 0.183. The smallest absolute Gasteiger partial charge is 0.228 e. The lowest BCUT2D eigenvalue weighted by Gasteiger charge is -2.48. The number of piperidine rings is 2. The molecule has 2 atom stereocenters. The van der Waals surface area contributed by atoms with Crippen LogP contribution in [0.25, 0.3) is 11.0 Å². The largest absolute Gasteiger partial charge is 0.356 e. The van der Waals surface area contributed by atoms with Crippen LogP contribution in [0.2, 0.25) is 0 Å². The van der Waals surface area contributed by atoms with Crippen LogP contribution < -0.4 is 10.2 Å². The molecule has 0 radical (unpaired) electrons. The van der Waals surface area contributed by atoms with Crippen molar-refractivity contribution in [3.8, 4) is 0 Å². The fraction of sp³-hybridized carbons (Fsp3) is 0.533. The predicted molar refractivity (Wildman–Crippen MR) is 79.9 cm³/mol. The zero-order chi connectivity index (χ0) is 14.4. The Hall–Kier alpha value is -2.11. The van der Waals surface area contributed by atoms with Crippen LogP contribution in [-0.2, 0) is 4.79 Å². The van der Waals surface area contributed by atoms with Crippen molar-refractivity contribution in [3.63, 3.8) is 0 Å². The van der Waals surface area contributed by atoms with Gasteiger partial charge in [0.15, 0.2) is 0 Å². The van der Waals surface area contributed by atoms with Gasteiger partial charge in [-0.05, 0) is 31.7 Å². The molecule has 0 spiro atoms. The number of aromatic amines is 1. The number of H-pyrrole nitrogens is 1. The third-order valence-corrected chi connectivity index (χ3v) is 5.10. The highest BCUT2D eigenvalue weighted by molar-refractivity contribution is 5.89. The first-order chi connectivity index (χ1) is 10.2. The molecule has 2 N–H and O–H groups in total. The van der Waals surface area contributed by atoms with Gasteiger partial charge in [0, 0.05) is 25.8 Å². The molecule has 2 aliphatic rings. The van der Waals surface area contributed by atoms with Crippen molar-refractivity contribution in [2.24, 2.45) is 11.3 Å². The van der Waals surface area contributed by atoms with Gasteiger partial charge >= 0.3 is 0 Å². The number of carbonyl (C=O) groups is 1. The first-order valence-corrected chi connectivity index (χ1v) is 7.50. The van der Waals surface area contributed by atoms with Crippen LogP contribution in [0.3, 0.4) is 0 Å². The van der Waals surface area contributed by atoms with Crippen molar-refractivity contribution in [1.82, 2.24) is 20.3 Å². The highest BCUT2D eigenvalue weighted by atomic mass is 16.2. The van der Waals surface area contributed by atoms with Gasteiger partial charge in [0.2, 0.25) is 5.91 Å². The van der Waals surface area contributed by atoms with Crippen LogP contribution in [0, 0.1) is 11.3 Å². The van der Waals surface area contributed by atoms with Crippen molar-refractivity contribution >= 4 is 22.8 Å². The van der Waals surface area contributed by atoms with E-state index in [0.29, 0.717) is 5.92 Å². The maximum atomic E-state index is 12.4. The van der Waals surface area contributed by atoms with Crippen LogP contribution in [-0.4, -0.2) is 40.5 Å². The fourth-order valence-corrected chi connectivity index (χ4v) is 3.81. The van der Waals surface area contributed by atoms with Crippen molar-refractivity contribution in [1.29, 1.82) is 0 Å². The Balaban J connectivity index is 1.71. The van der Waals surface area contributed by atoms with Crippen LogP contribution in [0.5, 0.6) is 0 Å². The van der Waals surface area contributed by atoms with Gasteiger partial charge in [-0.1, -0.05) is 0 Å². The summed E-state index contributed by atoms with van der Waals surface area (Å²) in [6, 6.07) is 2.00. The lowest BCUT2D eigenvalue weighted by molar-refractivity contribution is -0.136. The Morgan fingerprint density at radius 1 is 1.38 bits per heavy atom. The summed E-state index contributed by atoms with van der Waals surface area (Å²) in [4.78, 5) is 26.4. The SMILES string of the molecule is CC12CN(c3ncnc4[nH]ccc34)CCC1CCNC2=O. The minimum Gasteiger partial charge on any atom is -0.356 e. The summed E-state index contributed by atoms with van der Waals surface area (Å²) in [5, 5.41) is 4.05. The van der Waals surface area contributed by atoms with Crippen LogP contribution in [0.15, 0.2) is 18.6 Å². The zero-order valence-corrected chi connectivity index (χ0v) is 12.1. The van der Waals surface area contributed by atoms with E-state index in [0.717, 1.165) is 49.3 Å². The number of hydrogen-bond donors (Lipinski definition) is 2. The molecule has 2 unspecified atom stereocenters. The van der Waals surface area contributed by atoms with E-state index in [4.69, 9.17) is 0 Å². The second-order valence-electron chi connectivity index (χ2n) is 6.31. The molecule has 21 heavy (non-hydrogen) atoms. The van der Waals surface area contributed by atoms with E-state index in [1.165, 1.54) is 0 Å². The summed E-state index contributed by atoms with van der Waals surface area (Å²) >= 11 is 0. The maximum Gasteiger partial charge on any atom is 0.228 e. The van der Waals surface area contributed by atoms with Crippen molar-refractivity contribution in [2.75, 3.05) is 24.5 Å². The monoisotopic (exact) mass is 285 g/mol. The first-order valence-electron chi connectivity index (χ1n) is 7.50. The molecule has 2 fully saturated rings. The topological polar surface area (TPSA) is 73.9 Å². The Labute approximate surface area is 123 Å². The van der Waals surface area contributed by atoms with Crippen LogP contribution >= 0.6 is 0 Å². The van der Waals surface area contributed by atoms with E-state index in [1.54, 1.807) is 6.33 Å². The highest BCUT2D eigenvalue weighted by Gasteiger charge is 2.47. The highest BCUT2D eigenvalue weighted by Crippen LogP contribution is 2.41. The van der Waals surface area contributed by atoms with Gasteiger partial charge in [-0.3, -0.25) is 4.79 Å². The molecule has 0 aromatic carbocycles. The number of nitrogens with one attached hydrogen (secondary N) is 2. The van der Waals surface area contributed by atoms with Gasteiger partial charge < -0.3 is 15.2 Å². The molecule has 2 aromatic rings. The van der Waals surface area contributed by atoms with E-state index in [9.17, 15) is 4.79 Å². The fourth-order valence-electron chi connectivity index (χ4n) is 3.81. The molecule has 2 saturated heterocycles. The number of hydrogen-bond acceptors (Lipinski definition) is 4. The summed E-state index contributed by atoms with van der Waals surface area (Å²) < 4.78 is 0. The molecule has 0 saturated carbocycles. The average molecular weight is 285 g/mol. The summed E-state index contributed by atoms with van der Waals surface area (Å²) in [5.41, 5.74) is 0.532. The Bertz CT molecular complexity index is 696. The Morgan fingerprint density at radius 3 is 3.19 bits per heavy atom. The van der Waals surface area contributed by atoms with Gasteiger partial charge in [-0.25, -0.2) is 9.97 Å². The number of aromatic nitrogens is 3. The first kappa shape index (κ1) is 12.6. The van der Waals surface area contributed by atoms with Crippen molar-refractivity contribution in [2.45, 2.75) is 19.8 Å². The normalized spacial score (nSPS) is 29.3. The van der Waals surface area contributed by atoms with Gasteiger partial charge in [-0.2, -0.15) is 0 Å². The lowest BCUT2D eigenvalue weighted by Crippen LogP contribution is -2.59. The summed E-state index contributed by atoms with van der Waals surface area (Å²) in [5.74, 6) is 1.59. The predicted octanol–water partition coefficient (Wildman–Crippen LogP) is 1.31. The molecule has 6 heteroatoms. The molecule has 4 heterocycles. The minimum atomic E-state index is -0.315. The van der Waals surface area contributed by atoms with E-state index in [2.05, 4.69) is 32.1 Å². The number of carbonyl (C=O) groups excluding carboxylic acids is 1. The van der Waals surface area contributed by atoms with Crippen molar-refractivity contribution in [3.05, 3.63) is 18.6 Å². The Morgan fingerprint density at radius 2 is 2.29 bits per heavy atom. The third-order valence-electron chi connectivity index (χ3n) is 5.10. The molecule has 6 nitrogen and oxygen atoms in total. The zero-order valence-electron chi connectivity index (χ0n) is 12.1. The maximum absolute atomic E-state index is 12.4. The van der Waals surface area contributed by atoms with E-state index in [-0.39, 0.29) is 11.3 Å². The number of amides is 1. The molecule has 1 amide bonds. The van der Waals surface area contributed by atoms with E-state index >= 15 is 0 Å². The lowest BCUT2D eigenvalue weighted by atomic mass is 9.68. The average Bonchev–Trinajstić information content (AvgIpc) is 2.96. The van der Waals surface area contributed by atoms with E-state index in [1.807, 2.05) is 12.3 Å². The second kappa shape index (κ2) is 4.44. The molecule has 0 aliphatic carbocycles. The number of rotatable bonds is 1. The molecule has 2 aromatic heterocycles. The van der Waals surface area contributed by atoms with Gasteiger partial charge in [0.05, 0.1) is 10.8 Å². The summed E-state index contributed by atoms with van der Waals surface area (Å²) in [6.07, 6.45) is 5.59.